The zero-order valence-corrected chi connectivity index (χ0v) is 16.8. The monoisotopic (exact) mass is 400 g/mol. The molecule has 30 heavy (non-hydrogen) atoms. The Balaban J connectivity index is 1.75. The maximum Gasteiger partial charge on any atom is 0.338 e. The van der Waals surface area contributed by atoms with Crippen LogP contribution < -0.4 is 5.32 Å². The van der Waals surface area contributed by atoms with E-state index in [2.05, 4.69) is 29.4 Å². The highest BCUT2D eigenvalue weighted by Crippen LogP contribution is 2.29. The minimum atomic E-state index is -0.522. The molecule has 150 valence electrons. The number of fused-ring (bicyclic) bond motifs is 1. The number of benzene rings is 3. The van der Waals surface area contributed by atoms with Gasteiger partial charge in [0.25, 0.3) is 0 Å². The number of halogens is 1. The summed E-state index contributed by atoms with van der Waals surface area (Å²) in [6, 6.07) is 22.1. The van der Waals surface area contributed by atoms with Gasteiger partial charge in [-0.25, -0.2) is 14.2 Å². The number of methoxy groups -OCH3 is 1. The SMILES string of the molecule is CCNc1cccc(-c2ccc(-c3cc(C(=O)OC)c4cc(F)ccc4n3)cc2)c1. The molecule has 3 aromatic carbocycles. The lowest BCUT2D eigenvalue weighted by molar-refractivity contribution is 0.0603. The van der Waals surface area contributed by atoms with Crippen LogP contribution in [-0.2, 0) is 4.74 Å². The van der Waals surface area contributed by atoms with Crippen LogP contribution in [0.5, 0.6) is 0 Å². The molecule has 0 saturated heterocycles. The number of aromatic nitrogens is 1. The van der Waals surface area contributed by atoms with Crippen molar-refractivity contribution in [3.63, 3.8) is 0 Å². The molecule has 4 nitrogen and oxygen atoms in total. The summed E-state index contributed by atoms with van der Waals surface area (Å²) in [5, 5.41) is 3.75. The first-order chi connectivity index (χ1) is 14.6. The highest BCUT2D eigenvalue weighted by molar-refractivity contribution is 6.04. The fourth-order valence-electron chi connectivity index (χ4n) is 3.47. The quantitative estimate of drug-likeness (QED) is 0.422. The first-order valence-corrected chi connectivity index (χ1v) is 9.72. The number of carbonyl (C=O) groups is 1. The van der Waals surface area contributed by atoms with Crippen molar-refractivity contribution < 1.29 is 13.9 Å². The molecule has 0 aliphatic rings. The normalized spacial score (nSPS) is 10.8. The molecule has 0 amide bonds. The summed E-state index contributed by atoms with van der Waals surface area (Å²) >= 11 is 0. The van der Waals surface area contributed by atoms with Crippen LogP contribution in [0.4, 0.5) is 10.1 Å². The van der Waals surface area contributed by atoms with E-state index in [1.165, 1.54) is 19.2 Å². The van der Waals surface area contributed by atoms with E-state index in [0.717, 1.165) is 28.9 Å². The lowest BCUT2D eigenvalue weighted by atomic mass is 10.0. The van der Waals surface area contributed by atoms with Crippen LogP contribution in [0.2, 0.25) is 0 Å². The van der Waals surface area contributed by atoms with Gasteiger partial charge >= 0.3 is 5.97 Å². The third-order valence-corrected chi connectivity index (χ3v) is 4.93. The molecule has 0 spiro atoms. The van der Waals surface area contributed by atoms with E-state index in [0.29, 0.717) is 22.2 Å². The van der Waals surface area contributed by atoms with E-state index < -0.39 is 11.8 Å². The third kappa shape index (κ3) is 3.87. The van der Waals surface area contributed by atoms with Gasteiger partial charge < -0.3 is 10.1 Å². The van der Waals surface area contributed by atoms with E-state index in [9.17, 15) is 9.18 Å². The van der Waals surface area contributed by atoms with Crippen LogP contribution in [0.15, 0.2) is 72.8 Å². The molecule has 0 atom stereocenters. The van der Waals surface area contributed by atoms with Crippen LogP contribution >= 0.6 is 0 Å². The van der Waals surface area contributed by atoms with Crippen molar-refractivity contribution in [2.75, 3.05) is 19.0 Å². The van der Waals surface area contributed by atoms with Crippen LogP contribution in [0.25, 0.3) is 33.3 Å². The van der Waals surface area contributed by atoms with Crippen molar-refractivity contribution in [2.24, 2.45) is 0 Å². The number of ether oxygens (including phenoxy) is 1. The maximum absolute atomic E-state index is 13.7. The van der Waals surface area contributed by atoms with Gasteiger partial charge in [0, 0.05) is 23.2 Å². The Kier molecular flexibility index (Phi) is 5.44. The first-order valence-electron chi connectivity index (χ1n) is 9.72. The molecule has 0 aliphatic heterocycles. The average molecular weight is 400 g/mol. The van der Waals surface area contributed by atoms with Crippen molar-refractivity contribution >= 4 is 22.6 Å². The molecule has 4 rings (SSSR count). The number of hydrogen-bond donors (Lipinski definition) is 1. The largest absolute Gasteiger partial charge is 0.465 e. The van der Waals surface area contributed by atoms with Crippen molar-refractivity contribution in [2.45, 2.75) is 6.92 Å². The molecule has 0 unspecified atom stereocenters. The third-order valence-electron chi connectivity index (χ3n) is 4.93. The molecule has 0 fully saturated rings. The van der Waals surface area contributed by atoms with Crippen molar-refractivity contribution in [3.05, 3.63) is 84.2 Å². The van der Waals surface area contributed by atoms with Crippen molar-refractivity contribution in [3.8, 4) is 22.4 Å². The van der Waals surface area contributed by atoms with Gasteiger partial charge in [-0.2, -0.15) is 0 Å². The highest BCUT2D eigenvalue weighted by Gasteiger charge is 2.15. The Labute approximate surface area is 174 Å². The predicted octanol–water partition coefficient (Wildman–Crippen LogP) is 5.93. The zero-order chi connectivity index (χ0) is 21.1. The number of carbonyl (C=O) groups excluding carboxylic acids is 1. The summed E-state index contributed by atoms with van der Waals surface area (Å²) in [5.41, 5.74) is 5.58. The van der Waals surface area contributed by atoms with E-state index in [1.54, 1.807) is 12.1 Å². The molecule has 1 aromatic heterocycles. The molecular weight excluding hydrogens is 379 g/mol. The molecule has 1 heterocycles. The van der Waals surface area contributed by atoms with E-state index in [4.69, 9.17) is 4.74 Å². The van der Waals surface area contributed by atoms with Crippen molar-refractivity contribution in [1.29, 1.82) is 0 Å². The number of pyridine rings is 1. The summed E-state index contributed by atoms with van der Waals surface area (Å²) in [7, 11) is 1.31. The number of nitrogens with zero attached hydrogens (tertiary/aromatic N) is 1. The van der Waals surface area contributed by atoms with Gasteiger partial charge in [0.15, 0.2) is 0 Å². The lowest BCUT2D eigenvalue weighted by Gasteiger charge is -2.10. The Morgan fingerprint density at radius 2 is 1.73 bits per heavy atom. The second kappa shape index (κ2) is 8.33. The van der Waals surface area contributed by atoms with Gasteiger partial charge in [-0.05, 0) is 54.4 Å². The summed E-state index contributed by atoms with van der Waals surface area (Å²) in [6.07, 6.45) is 0. The van der Waals surface area contributed by atoms with Crippen LogP contribution in [0.3, 0.4) is 0 Å². The van der Waals surface area contributed by atoms with E-state index in [1.807, 2.05) is 36.4 Å². The Morgan fingerprint density at radius 3 is 2.47 bits per heavy atom. The first kappa shape index (κ1) is 19.6. The fraction of sp³-hybridized carbons (Fsp3) is 0.120. The van der Waals surface area contributed by atoms with Gasteiger partial charge in [-0.3, -0.25) is 0 Å². The van der Waals surface area contributed by atoms with Gasteiger partial charge in [0.05, 0.1) is 23.9 Å². The topological polar surface area (TPSA) is 51.2 Å². The second-order valence-corrected chi connectivity index (χ2v) is 6.90. The Hall–Kier alpha value is -3.73. The highest BCUT2D eigenvalue weighted by atomic mass is 19.1. The van der Waals surface area contributed by atoms with E-state index >= 15 is 0 Å². The molecule has 0 saturated carbocycles. The van der Waals surface area contributed by atoms with Crippen LogP contribution in [-0.4, -0.2) is 24.6 Å². The summed E-state index contributed by atoms with van der Waals surface area (Å²) in [4.78, 5) is 16.9. The fourth-order valence-corrected chi connectivity index (χ4v) is 3.47. The smallest absolute Gasteiger partial charge is 0.338 e. The lowest BCUT2D eigenvalue weighted by Crippen LogP contribution is -2.04. The number of rotatable bonds is 5. The van der Waals surface area contributed by atoms with Gasteiger partial charge in [-0.15, -0.1) is 0 Å². The summed E-state index contributed by atoms with van der Waals surface area (Å²) < 4.78 is 18.6. The minimum absolute atomic E-state index is 0.291. The number of hydrogen-bond acceptors (Lipinski definition) is 4. The molecule has 4 aromatic rings. The van der Waals surface area contributed by atoms with Crippen LogP contribution in [0.1, 0.15) is 17.3 Å². The standard InChI is InChI=1S/C25H21FN2O2/c1-3-27-20-6-4-5-18(13-20)16-7-9-17(10-8-16)24-15-22(25(29)30-2)21-14-19(26)11-12-23(21)28-24/h4-15,27H,3H2,1-2H3. The van der Waals surface area contributed by atoms with Gasteiger partial charge in [0.2, 0.25) is 0 Å². The zero-order valence-electron chi connectivity index (χ0n) is 16.8. The summed E-state index contributed by atoms with van der Waals surface area (Å²) in [5.74, 6) is -0.947. The molecule has 1 N–H and O–H groups in total. The Bertz CT molecular complexity index is 1220. The Morgan fingerprint density at radius 1 is 0.967 bits per heavy atom. The molecule has 0 radical (unpaired) electrons. The predicted molar refractivity (Wildman–Crippen MR) is 118 cm³/mol. The molecule has 0 bridgehead atoms. The minimum Gasteiger partial charge on any atom is -0.465 e. The second-order valence-electron chi connectivity index (χ2n) is 6.90. The number of esters is 1. The van der Waals surface area contributed by atoms with Crippen molar-refractivity contribution in [1.82, 2.24) is 4.98 Å². The van der Waals surface area contributed by atoms with Crippen LogP contribution in [0, 0.1) is 5.82 Å². The number of anilines is 1. The maximum atomic E-state index is 13.7. The summed E-state index contributed by atoms with van der Waals surface area (Å²) in [6.45, 7) is 2.93. The van der Waals surface area contributed by atoms with E-state index in [-0.39, 0.29) is 0 Å². The van der Waals surface area contributed by atoms with Gasteiger partial charge in [0.1, 0.15) is 5.82 Å². The number of nitrogens with one attached hydrogen (secondary N) is 1. The van der Waals surface area contributed by atoms with Gasteiger partial charge in [-0.1, -0.05) is 36.4 Å². The molecule has 5 heteroatoms. The molecule has 0 aliphatic carbocycles. The molecular formula is C25H21FN2O2. The average Bonchev–Trinajstić information content (AvgIpc) is 2.78.